The predicted molar refractivity (Wildman–Crippen MR) is 116 cm³/mol. The average Bonchev–Trinajstić information content (AvgIpc) is 3.38. The summed E-state index contributed by atoms with van der Waals surface area (Å²) >= 11 is 0. The van der Waals surface area contributed by atoms with E-state index in [0.717, 1.165) is 50.2 Å². The van der Waals surface area contributed by atoms with Gasteiger partial charge < -0.3 is 14.0 Å². The zero-order chi connectivity index (χ0) is 21.4. The van der Waals surface area contributed by atoms with E-state index in [0.29, 0.717) is 13.1 Å². The molecule has 1 atom stereocenters. The summed E-state index contributed by atoms with van der Waals surface area (Å²) in [6.45, 7) is 6.04. The summed E-state index contributed by atoms with van der Waals surface area (Å²) in [6, 6.07) is 9.90. The van der Waals surface area contributed by atoms with Crippen LogP contribution in [-0.4, -0.2) is 68.1 Å². The first-order chi connectivity index (χ1) is 14.5. The van der Waals surface area contributed by atoms with E-state index in [1.807, 2.05) is 34.9 Å². The van der Waals surface area contributed by atoms with Gasteiger partial charge in [0.25, 0.3) is 0 Å². The molecular weight excluding hydrogens is 402 g/mol. The molecule has 1 saturated heterocycles. The molecule has 0 radical (unpaired) electrons. The molecule has 2 heterocycles. The van der Waals surface area contributed by atoms with Crippen molar-refractivity contribution < 1.29 is 17.9 Å². The summed E-state index contributed by atoms with van der Waals surface area (Å²) in [5, 5.41) is 0.118. The number of hydrogen-bond acceptors (Lipinski definition) is 6. The van der Waals surface area contributed by atoms with Crippen molar-refractivity contribution in [1.82, 2.24) is 14.5 Å². The number of benzene rings is 1. The van der Waals surface area contributed by atoms with Crippen molar-refractivity contribution in [3.05, 3.63) is 47.8 Å². The Kier molecular flexibility index (Phi) is 8.44. The van der Waals surface area contributed by atoms with Crippen molar-refractivity contribution in [1.29, 1.82) is 0 Å². The Labute approximate surface area is 179 Å². The first-order valence-corrected chi connectivity index (χ1v) is 12.3. The minimum atomic E-state index is -3.54. The van der Waals surface area contributed by atoms with Gasteiger partial charge in [-0.2, -0.15) is 0 Å². The summed E-state index contributed by atoms with van der Waals surface area (Å²) < 4.78 is 38.5. The monoisotopic (exact) mass is 435 g/mol. The number of nitrogens with zero attached hydrogens (tertiary/aromatic N) is 3. The van der Waals surface area contributed by atoms with Gasteiger partial charge in [0.1, 0.15) is 0 Å². The molecule has 0 saturated carbocycles. The van der Waals surface area contributed by atoms with Crippen LogP contribution in [-0.2, 0) is 32.4 Å². The lowest BCUT2D eigenvalue weighted by molar-refractivity contribution is 0.0698. The number of sulfone groups is 1. The molecule has 2 aromatic rings. The zero-order valence-corrected chi connectivity index (χ0v) is 18.8. The molecule has 166 valence electrons. The Balaban J connectivity index is 1.88. The third-order valence-corrected chi connectivity index (χ3v) is 6.92. The highest BCUT2D eigenvalue weighted by Gasteiger charge is 2.25. The van der Waals surface area contributed by atoms with Crippen LogP contribution >= 0.6 is 0 Å². The van der Waals surface area contributed by atoms with Crippen LogP contribution in [0, 0.1) is 0 Å². The highest BCUT2D eigenvalue weighted by molar-refractivity contribution is 7.91. The van der Waals surface area contributed by atoms with E-state index in [-0.39, 0.29) is 23.6 Å². The second-order valence-electron chi connectivity index (χ2n) is 7.79. The zero-order valence-electron chi connectivity index (χ0n) is 18.0. The molecule has 0 N–H and O–H groups in total. The average molecular weight is 436 g/mol. The number of imidazole rings is 1. The van der Waals surface area contributed by atoms with Crippen LogP contribution in [0.25, 0.3) is 0 Å². The lowest BCUT2D eigenvalue weighted by atomic mass is 10.2. The van der Waals surface area contributed by atoms with Crippen molar-refractivity contribution in [2.75, 3.05) is 39.2 Å². The van der Waals surface area contributed by atoms with Gasteiger partial charge >= 0.3 is 0 Å². The minimum absolute atomic E-state index is 0.0800. The van der Waals surface area contributed by atoms with Crippen molar-refractivity contribution in [2.24, 2.45) is 0 Å². The molecule has 1 unspecified atom stereocenters. The van der Waals surface area contributed by atoms with E-state index in [1.54, 1.807) is 6.20 Å². The predicted octanol–water partition coefficient (Wildman–Crippen LogP) is 2.74. The topological polar surface area (TPSA) is 73.7 Å². The Hall–Kier alpha value is -1.74. The van der Waals surface area contributed by atoms with Crippen LogP contribution < -0.4 is 0 Å². The quantitative estimate of drug-likeness (QED) is 0.510. The van der Waals surface area contributed by atoms with Gasteiger partial charge in [-0.3, -0.25) is 4.90 Å². The summed E-state index contributed by atoms with van der Waals surface area (Å²) in [4.78, 5) is 6.69. The van der Waals surface area contributed by atoms with Crippen molar-refractivity contribution in [2.45, 2.75) is 50.5 Å². The maximum atomic E-state index is 12.9. The first-order valence-electron chi connectivity index (χ1n) is 10.7. The van der Waals surface area contributed by atoms with E-state index in [4.69, 9.17) is 9.47 Å². The molecule has 1 aromatic heterocycles. The Morgan fingerprint density at radius 2 is 2.10 bits per heavy atom. The summed E-state index contributed by atoms with van der Waals surface area (Å²) in [6.07, 6.45) is 5.18. The molecule has 1 aliphatic heterocycles. The van der Waals surface area contributed by atoms with Crippen molar-refractivity contribution in [3.8, 4) is 0 Å². The van der Waals surface area contributed by atoms with Gasteiger partial charge in [-0.1, -0.05) is 37.3 Å². The Morgan fingerprint density at radius 1 is 1.30 bits per heavy atom. The van der Waals surface area contributed by atoms with Crippen LogP contribution in [0.4, 0.5) is 0 Å². The third-order valence-electron chi connectivity index (χ3n) is 5.33. The Bertz CT molecular complexity index is 877. The van der Waals surface area contributed by atoms with Gasteiger partial charge in [0, 0.05) is 26.8 Å². The molecule has 0 aliphatic carbocycles. The molecule has 0 spiro atoms. The van der Waals surface area contributed by atoms with Gasteiger partial charge in [0.15, 0.2) is 0 Å². The maximum absolute atomic E-state index is 12.9. The van der Waals surface area contributed by atoms with E-state index in [1.165, 1.54) is 7.11 Å². The van der Waals surface area contributed by atoms with E-state index in [9.17, 15) is 8.42 Å². The molecular formula is C22H33N3O4S. The SMILES string of the molecule is CCCN(Cc1cnc(S(=O)(=O)CCOC)n1Cc1ccccc1)CC1CCCO1. The molecule has 7 nitrogen and oxygen atoms in total. The number of rotatable bonds is 12. The van der Waals surface area contributed by atoms with Crippen LogP contribution in [0.1, 0.15) is 37.4 Å². The smallest absolute Gasteiger partial charge is 0.228 e. The van der Waals surface area contributed by atoms with Crippen LogP contribution in [0.2, 0.25) is 0 Å². The highest BCUT2D eigenvalue weighted by atomic mass is 32.2. The number of hydrogen-bond donors (Lipinski definition) is 0. The number of ether oxygens (including phenoxy) is 2. The van der Waals surface area contributed by atoms with Crippen LogP contribution in [0.3, 0.4) is 0 Å². The number of methoxy groups -OCH3 is 1. The van der Waals surface area contributed by atoms with Crippen molar-refractivity contribution >= 4 is 9.84 Å². The lowest BCUT2D eigenvalue weighted by Gasteiger charge is -2.25. The molecule has 0 amide bonds. The molecule has 3 rings (SSSR count). The molecule has 1 fully saturated rings. The lowest BCUT2D eigenvalue weighted by Crippen LogP contribution is -2.33. The van der Waals surface area contributed by atoms with E-state index < -0.39 is 9.84 Å². The maximum Gasteiger partial charge on any atom is 0.228 e. The van der Waals surface area contributed by atoms with Gasteiger partial charge in [-0.25, -0.2) is 13.4 Å². The highest BCUT2D eigenvalue weighted by Crippen LogP contribution is 2.20. The summed E-state index contributed by atoms with van der Waals surface area (Å²) in [5.41, 5.74) is 1.95. The fourth-order valence-electron chi connectivity index (χ4n) is 3.84. The molecule has 30 heavy (non-hydrogen) atoms. The van der Waals surface area contributed by atoms with Crippen molar-refractivity contribution in [3.63, 3.8) is 0 Å². The molecule has 1 aromatic carbocycles. The van der Waals surface area contributed by atoms with E-state index >= 15 is 0 Å². The minimum Gasteiger partial charge on any atom is -0.384 e. The third kappa shape index (κ3) is 6.14. The number of aromatic nitrogens is 2. The fraction of sp³-hybridized carbons (Fsp3) is 0.591. The second kappa shape index (κ2) is 11.0. The Morgan fingerprint density at radius 3 is 2.77 bits per heavy atom. The molecule has 1 aliphatic rings. The normalized spacial score (nSPS) is 17.1. The first kappa shape index (κ1) is 22.9. The molecule has 8 heteroatoms. The van der Waals surface area contributed by atoms with Gasteiger partial charge in [0.05, 0.1) is 36.9 Å². The summed E-state index contributed by atoms with van der Waals surface area (Å²) in [7, 11) is -2.03. The van der Waals surface area contributed by atoms with Crippen LogP contribution in [0.15, 0.2) is 41.7 Å². The standard InChI is InChI=1S/C22H33N3O4S/c1-3-11-24(18-21-10-7-12-29-21)17-20-15-23-22(30(26,27)14-13-28-2)25(20)16-19-8-5-4-6-9-19/h4-6,8-9,15,21H,3,7,10-14,16-18H2,1-2H3. The summed E-state index contributed by atoms with van der Waals surface area (Å²) in [5.74, 6) is -0.0800. The van der Waals surface area contributed by atoms with Gasteiger partial charge in [-0.05, 0) is 31.4 Å². The van der Waals surface area contributed by atoms with Crippen LogP contribution in [0.5, 0.6) is 0 Å². The fourth-order valence-corrected chi connectivity index (χ4v) is 5.14. The van der Waals surface area contributed by atoms with Gasteiger partial charge in [0.2, 0.25) is 15.0 Å². The molecule has 0 bridgehead atoms. The van der Waals surface area contributed by atoms with E-state index in [2.05, 4.69) is 16.8 Å². The largest absolute Gasteiger partial charge is 0.384 e. The van der Waals surface area contributed by atoms with Gasteiger partial charge in [-0.15, -0.1) is 0 Å². The second-order valence-corrected chi connectivity index (χ2v) is 9.79.